The van der Waals surface area contributed by atoms with Crippen molar-refractivity contribution in [3.63, 3.8) is 0 Å². The van der Waals surface area contributed by atoms with Crippen LogP contribution in [0.15, 0.2) is 23.0 Å². The first-order valence-electron chi connectivity index (χ1n) is 4.83. The Hall–Kier alpha value is -1.62. The van der Waals surface area contributed by atoms with E-state index in [9.17, 15) is 0 Å². The molecule has 0 aromatic carbocycles. The van der Waals surface area contributed by atoms with Crippen molar-refractivity contribution in [1.29, 1.82) is 0 Å². The highest BCUT2D eigenvalue weighted by Gasteiger charge is 2.00. The fourth-order valence-corrected chi connectivity index (χ4v) is 1.36. The molecule has 0 aliphatic rings. The third kappa shape index (κ3) is 2.66. The lowest BCUT2D eigenvalue weighted by Gasteiger charge is -1.98. The van der Waals surface area contributed by atoms with Gasteiger partial charge in [-0.3, -0.25) is 4.68 Å². The van der Waals surface area contributed by atoms with Crippen LogP contribution in [-0.2, 0) is 20.1 Å². The Morgan fingerprint density at radius 1 is 1.40 bits per heavy atom. The summed E-state index contributed by atoms with van der Waals surface area (Å²) in [5.41, 5.74) is 1.15. The molecule has 0 bridgehead atoms. The lowest BCUT2D eigenvalue weighted by atomic mass is 10.3. The van der Waals surface area contributed by atoms with Gasteiger partial charge in [-0.1, -0.05) is 0 Å². The monoisotopic (exact) mass is 206 g/mol. The summed E-state index contributed by atoms with van der Waals surface area (Å²) >= 11 is 0. The van der Waals surface area contributed by atoms with E-state index in [1.54, 1.807) is 10.9 Å². The van der Waals surface area contributed by atoms with Gasteiger partial charge in [0.15, 0.2) is 0 Å². The Morgan fingerprint density at radius 3 is 2.87 bits per heavy atom. The van der Waals surface area contributed by atoms with Gasteiger partial charge in [0, 0.05) is 25.4 Å². The maximum atomic E-state index is 5.33. The number of aromatic nitrogens is 3. The summed E-state index contributed by atoms with van der Waals surface area (Å²) in [4.78, 5) is 4.10. The summed E-state index contributed by atoms with van der Waals surface area (Å²) in [7, 11) is 1.90. The Kier molecular flexibility index (Phi) is 2.82. The van der Waals surface area contributed by atoms with E-state index in [0.717, 1.165) is 23.8 Å². The predicted octanol–water partition coefficient (Wildman–Crippen LogP) is 1.01. The molecule has 0 fully saturated rings. The number of aryl methyl sites for hydroxylation is 2. The Balaban J connectivity index is 1.80. The zero-order valence-corrected chi connectivity index (χ0v) is 8.90. The molecular weight excluding hydrogens is 192 g/mol. The summed E-state index contributed by atoms with van der Waals surface area (Å²) < 4.78 is 7.12. The highest BCUT2D eigenvalue weighted by Crippen LogP contribution is 2.01. The second-order valence-electron chi connectivity index (χ2n) is 3.49. The Labute approximate surface area is 88.1 Å². The zero-order valence-electron chi connectivity index (χ0n) is 8.90. The number of nitrogens with zero attached hydrogens (tertiary/aromatic N) is 3. The first-order chi connectivity index (χ1) is 7.24. The van der Waals surface area contributed by atoms with Gasteiger partial charge in [-0.05, 0) is 6.92 Å². The average Bonchev–Trinajstić information content (AvgIpc) is 2.76. The van der Waals surface area contributed by atoms with Crippen molar-refractivity contribution in [1.82, 2.24) is 20.1 Å². The van der Waals surface area contributed by atoms with Gasteiger partial charge >= 0.3 is 0 Å². The fraction of sp³-hybridized carbons (Fsp3) is 0.400. The van der Waals surface area contributed by atoms with Crippen molar-refractivity contribution in [3.05, 3.63) is 35.8 Å². The third-order valence-electron chi connectivity index (χ3n) is 2.03. The van der Waals surface area contributed by atoms with E-state index in [1.165, 1.54) is 0 Å². The number of hydrogen-bond donors (Lipinski definition) is 1. The first-order valence-corrected chi connectivity index (χ1v) is 4.83. The molecule has 0 atom stereocenters. The van der Waals surface area contributed by atoms with Crippen LogP contribution >= 0.6 is 0 Å². The number of hydrogen-bond acceptors (Lipinski definition) is 4. The number of nitrogens with one attached hydrogen (secondary N) is 1. The third-order valence-corrected chi connectivity index (χ3v) is 2.03. The van der Waals surface area contributed by atoms with Crippen LogP contribution in [0.5, 0.6) is 0 Å². The molecule has 0 unspecified atom stereocenters. The van der Waals surface area contributed by atoms with Crippen molar-refractivity contribution in [2.45, 2.75) is 20.0 Å². The molecule has 2 aromatic heterocycles. The second-order valence-corrected chi connectivity index (χ2v) is 3.49. The van der Waals surface area contributed by atoms with E-state index in [4.69, 9.17) is 4.42 Å². The summed E-state index contributed by atoms with van der Waals surface area (Å²) in [5, 5.41) is 7.32. The van der Waals surface area contributed by atoms with Crippen LogP contribution in [0.2, 0.25) is 0 Å². The van der Waals surface area contributed by atoms with E-state index in [1.807, 2.05) is 26.4 Å². The molecule has 0 aliphatic carbocycles. The summed E-state index contributed by atoms with van der Waals surface area (Å²) in [6.45, 7) is 3.30. The van der Waals surface area contributed by atoms with Crippen molar-refractivity contribution in [3.8, 4) is 0 Å². The van der Waals surface area contributed by atoms with Gasteiger partial charge in [0.1, 0.15) is 5.76 Å². The quantitative estimate of drug-likeness (QED) is 0.811. The largest absolute Gasteiger partial charge is 0.445 e. The van der Waals surface area contributed by atoms with Crippen LogP contribution < -0.4 is 5.32 Å². The molecule has 0 saturated heterocycles. The van der Waals surface area contributed by atoms with Crippen LogP contribution in [0.3, 0.4) is 0 Å². The van der Waals surface area contributed by atoms with Crippen molar-refractivity contribution < 1.29 is 4.42 Å². The maximum absolute atomic E-state index is 5.33. The smallest absolute Gasteiger partial charge is 0.208 e. The molecular formula is C10H14N4O. The van der Waals surface area contributed by atoms with Gasteiger partial charge in [-0.25, -0.2) is 4.98 Å². The standard InChI is InChI=1S/C10H14N4O/c1-8-3-12-10(15-8)6-11-4-9-5-13-14(2)7-9/h3,5,7,11H,4,6H2,1-2H3. The molecule has 0 spiro atoms. The molecule has 2 rings (SSSR count). The molecule has 0 saturated carbocycles. The molecule has 2 heterocycles. The van der Waals surface area contributed by atoms with Gasteiger partial charge in [-0.15, -0.1) is 0 Å². The minimum atomic E-state index is 0.642. The van der Waals surface area contributed by atoms with Gasteiger partial charge in [0.2, 0.25) is 5.89 Å². The van der Waals surface area contributed by atoms with Crippen LogP contribution in [-0.4, -0.2) is 14.8 Å². The van der Waals surface area contributed by atoms with E-state index in [2.05, 4.69) is 15.4 Å². The first kappa shape index (κ1) is 9.92. The van der Waals surface area contributed by atoms with Crippen molar-refractivity contribution >= 4 is 0 Å². The molecule has 0 aliphatic heterocycles. The molecule has 5 heteroatoms. The maximum Gasteiger partial charge on any atom is 0.208 e. The number of oxazole rings is 1. The van der Waals surface area contributed by atoms with Crippen LogP contribution in [0.4, 0.5) is 0 Å². The van der Waals surface area contributed by atoms with E-state index in [0.29, 0.717) is 6.54 Å². The van der Waals surface area contributed by atoms with E-state index >= 15 is 0 Å². The van der Waals surface area contributed by atoms with Gasteiger partial charge in [0.25, 0.3) is 0 Å². The average molecular weight is 206 g/mol. The molecule has 1 N–H and O–H groups in total. The molecule has 0 amide bonds. The van der Waals surface area contributed by atoms with Crippen molar-refractivity contribution in [2.75, 3.05) is 0 Å². The van der Waals surface area contributed by atoms with Gasteiger partial charge in [0.05, 0.1) is 18.9 Å². The fourth-order valence-electron chi connectivity index (χ4n) is 1.36. The molecule has 0 radical (unpaired) electrons. The number of rotatable bonds is 4. The molecule has 80 valence electrons. The van der Waals surface area contributed by atoms with E-state index < -0.39 is 0 Å². The van der Waals surface area contributed by atoms with Gasteiger partial charge in [-0.2, -0.15) is 5.10 Å². The SMILES string of the molecule is Cc1cnc(CNCc2cnn(C)c2)o1. The highest BCUT2D eigenvalue weighted by atomic mass is 16.4. The minimum Gasteiger partial charge on any atom is -0.445 e. The van der Waals surface area contributed by atoms with Crippen LogP contribution in [0, 0.1) is 6.92 Å². The highest BCUT2D eigenvalue weighted by molar-refractivity contribution is 5.03. The van der Waals surface area contributed by atoms with Gasteiger partial charge < -0.3 is 9.73 Å². The van der Waals surface area contributed by atoms with Crippen LogP contribution in [0.1, 0.15) is 17.2 Å². The molecule has 2 aromatic rings. The Bertz CT molecular complexity index is 392. The summed E-state index contributed by atoms with van der Waals surface area (Å²) in [6.07, 6.45) is 5.54. The van der Waals surface area contributed by atoms with E-state index in [-0.39, 0.29) is 0 Å². The topological polar surface area (TPSA) is 55.9 Å². The molecule has 15 heavy (non-hydrogen) atoms. The normalized spacial score (nSPS) is 10.8. The molecule has 5 nitrogen and oxygen atoms in total. The lowest BCUT2D eigenvalue weighted by Crippen LogP contribution is -2.12. The summed E-state index contributed by atoms with van der Waals surface area (Å²) in [5.74, 6) is 1.56. The van der Waals surface area contributed by atoms with Crippen LogP contribution in [0.25, 0.3) is 0 Å². The lowest BCUT2D eigenvalue weighted by molar-refractivity contribution is 0.449. The predicted molar refractivity (Wildman–Crippen MR) is 55.0 cm³/mol. The zero-order chi connectivity index (χ0) is 10.7. The van der Waals surface area contributed by atoms with Crippen molar-refractivity contribution in [2.24, 2.45) is 7.05 Å². The Morgan fingerprint density at radius 2 is 2.27 bits per heavy atom. The minimum absolute atomic E-state index is 0.642. The summed E-state index contributed by atoms with van der Waals surface area (Å²) in [6, 6.07) is 0. The second kappa shape index (κ2) is 4.27.